The molecule has 2 aliphatic rings. The van der Waals surface area contributed by atoms with Gasteiger partial charge < -0.3 is 19.5 Å². The van der Waals surface area contributed by atoms with Crippen LogP contribution >= 0.6 is 0 Å². The molecule has 1 amide bonds. The van der Waals surface area contributed by atoms with Crippen molar-refractivity contribution in [1.82, 2.24) is 20.4 Å². The van der Waals surface area contributed by atoms with Gasteiger partial charge in [0, 0.05) is 30.8 Å². The molecule has 3 heterocycles. The summed E-state index contributed by atoms with van der Waals surface area (Å²) in [5, 5.41) is 9.98. The number of aromatic amines is 1. The molecule has 0 radical (unpaired) electrons. The van der Waals surface area contributed by atoms with Crippen LogP contribution in [0, 0.1) is 11.6 Å². The number of ether oxygens (including phenoxy) is 3. The number of rotatable bonds is 5. The van der Waals surface area contributed by atoms with Crippen molar-refractivity contribution in [1.29, 1.82) is 0 Å². The first kappa shape index (κ1) is 23.6. The third kappa shape index (κ3) is 5.18. The SMILES string of the molecule is COC[C@@H]1c2cn[nH]c2CN1[C@H]1CO[C@H](c2cc(F)ccc2F)[C@@H](NC(=O)OC(C)(C)C)C1. The molecule has 0 spiro atoms. The first-order valence-corrected chi connectivity index (χ1v) is 11.0. The van der Waals surface area contributed by atoms with Crippen molar-refractivity contribution in [3.8, 4) is 0 Å². The fourth-order valence-electron chi connectivity index (χ4n) is 4.61. The minimum atomic E-state index is -0.854. The number of aromatic nitrogens is 2. The number of hydrogen-bond donors (Lipinski definition) is 2. The van der Waals surface area contributed by atoms with Crippen LogP contribution in [-0.4, -0.2) is 59.2 Å². The number of amides is 1. The number of nitrogens with one attached hydrogen (secondary N) is 2. The number of alkyl carbamates (subject to hydrolysis) is 1. The van der Waals surface area contributed by atoms with Crippen LogP contribution in [0.2, 0.25) is 0 Å². The third-order valence-electron chi connectivity index (χ3n) is 5.97. The molecular weight excluding hydrogens is 434 g/mol. The van der Waals surface area contributed by atoms with Gasteiger partial charge in [0.25, 0.3) is 0 Å². The van der Waals surface area contributed by atoms with E-state index in [2.05, 4.69) is 20.4 Å². The lowest BCUT2D eigenvalue weighted by molar-refractivity contribution is -0.0750. The van der Waals surface area contributed by atoms with Gasteiger partial charge in [0.15, 0.2) is 0 Å². The van der Waals surface area contributed by atoms with Crippen LogP contribution in [-0.2, 0) is 20.8 Å². The topological polar surface area (TPSA) is 88.7 Å². The molecular formula is C23H30F2N4O4. The molecule has 2 N–H and O–H groups in total. The highest BCUT2D eigenvalue weighted by Crippen LogP contribution is 2.39. The van der Waals surface area contributed by atoms with Crippen molar-refractivity contribution in [3.63, 3.8) is 0 Å². The van der Waals surface area contributed by atoms with Gasteiger partial charge in [-0.25, -0.2) is 13.6 Å². The van der Waals surface area contributed by atoms with Gasteiger partial charge in [0.2, 0.25) is 0 Å². The first-order valence-electron chi connectivity index (χ1n) is 11.0. The highest BCUT2D eigenvalue weighted by atomic mass is 19.1. The molecule has 180 valence electrons. The van der Waals surface area contributed by atoms with Crippen molar-refractivity contribution in [2.75, 3.05) is 20.3 Å². The summed E-state index contributed by atoms with van der Waals surface area (Å²) < 4.78 is 45.5. The minimum Gasteiger partial charge on any atom is -0.444 e. The molecule has 1 aromatic heterocycles. The lowest BCUT2D eigenvalue weighted by atomic mass is 9.92. The van der Waals surface area contributed by atoms with E-state index in [9.17, 15) is 13.6 Å². The van der Waals surface area contributed by atoms with E-state index in [4.69, 9.17) is 14.2 Å². The molecule has 4 atom stereocenters. The Morgan fingerprint density at radius 2 is 2.12 bits per heavy atom. The number of carbonyl (C=O) groups is 1. The molecule has 0 saturated carbocycles. The van der Waals surface area contributed by atoms with Crippen molar-refractivity contribution in [2.45, 2.75) is 63.6 Å². The normalized spacial score (nSPS) is 25.6. The van der Waals surface area contributed by atoms with E-state index in [1.807, 2.05) is 0 Å². The van der Waals surface area contributed by atoms with E-state index in [1.54, 1.807) is 34.1 Å². The average molecular weight is 465 g/mol. The summed E-state index contributed by atoms with van der Waals surface area (Å²) in [6.07, 6.45) is 0.761. The molecule has 2 aliphatic heterocycles. The molecule has 1 saturated heterocycles. The molecule has 8 nitrogen and oxygen atoms in total. The lowest BCUT2D eigenvalue weighted by Crippen LogP contribution is -2.52. The summed E-state index contributed by atoms with van der Waals surface area (Å²) in [5.41, 5.74) is 1.44. The Labute approximate surface area is 191 Å². The number of halogens is 2. The largest absolute Gasteiger partial charge is 0.444 e. The molecule has 1 aromatic carbocycles. The maximum absolute atomic E-state index is 14.6. The second kappa shape index (κ2) is 9.36. The van der Waals surface area contributed by atoms with E-state index in [-0.39, 0.29) is 24.3 Å². The number of hydrogen-bond acceptors (Lipinski definition) is 6. The van der Waals surface area contributed by atoms with Gasteiger partial charge in [0.05, 0.1) is 37.2 Å². The van der Waals surface area contributed by atoms with E-state index < -0.39 is 35.5 Å². The van der Waals surface area contributed by atoms with Gasteiger partial charge in [-0.2, -0.15) is 5.10 Å². The van der Waals surface area contributed by atoms with Gasteiger partial charge >= 0.3 is 6.09 Å². The summed E-state index contributed by atoms with van der Waals surface area (Å²) in [6, 6.07) is 2.49. The van der Waals surface area contributed by atoms with Gasteiger partial charge in [-0.1, -0.05) is 0 Å². The van der Waals surface area contributed by atoms with E-state index in [0.29, 0.717) is 19.6 Å². The highest BCUT2D eigenvalue weighted by molar-refractivity contribution is 5.68. The molecule has 4 rings (SSSR count). The second-order valence-corrected chi connectivity index (χ2v) is 9.51. The van der Waals surface area contributed by atoms with Crippen LogP contribution < -0.4 is 5.32 Å². The Bertz CT molecular complexity index is 993. The van der Waals surface area contributed by atoms with Crippen molar-refractivity contribution in [3.05, 3.63) is 52.9 Å². The van der Waals surface area contributed by atoms with Crippen molar-refractivity contribution < 1.29 is 27.8 Å². The third-order valence-corrected chi connectivity index (χ3v) is 5.97. The maximum Gasteiger partial charge on any atom is 0.407 e. The second-order valence-electron chi connectivity index (χ2n) is 9.51. The smallest absolute Gasteiger partial charge is 0.407 e. The number of benzene rings is 1. The summed E-state index contributed by atoms with van der Waals surface area (Å²) in [4.78, 5) is 14.8. The summed E-state index contributed by atoms with van der Waals surface area (Å²) >= 11 is 0. The zero-order valence-electron chi connectivity index (χ0n) is 19.2. The summed E-state index contributed by atoms with van der Waals surface area (Å²) in [7, 11) is 1.64. The Morgan fingerprint density at radius 3 is 2.85 bits per heavy atom. The first-order chi connectivity index (χ1) is 15.7. The van der Waals surface area contributed by atoms with Crippen LogP contribution in [0.4, 0.5) is 13.6 Å². The molecule has 1 fully saturated rings. The quantitative estimate of drug-likeness (QED) is 0.703. The molecule has 0 unspecified atom stereocenters. The molecule has 0 bridgehead atoms. The zero-order chi connectivity index (χ0) is 23.8. The van der Waals surface area contributed by atoms with Crippen LogP contribution in [0.1, 0.15) is 56.2 Å². The number of H-pyrrole nitrogens is 1. The maximum atomic E-state index is 14.6. The van der Waals surface area contributed by atoms with Crippen molar-refractivity contribution in [2.24, 2.45) is 0 Å². The number of fused-ring (bicyclic) bond motifs is 1. The molecule has 10 heteroatoms. The fraction of sp³-hybridized carbons (Fsp3) is 0.565. The molecule has 33 heavy (non-hydrogen) atoms. The summed E-state index contributed by atoms with van der Waals surface area (Å²) in [5.74, 6) is -1.16. The van der Waals surface area contributed by atoms with Crippen LogP contribution in [0.3, 0.4) is 0 Å². The van der Waals surface area contributed by atoms with Crippen LogP contribution in [0.15, 0.2) is 24.4 Å². The lowest BCUT2D eigenvalue weighted by Gasteiger charge is -2.42. The highest BCUT2D eigenvalue weighted by Gasteiger charge is 2.43. The van der Waals surface area contributed by atoms with Crippen molar-refractivity contribution >= 4 is 6.09 Å². The Morgan fingerprint density at radius 1 is 1.33 bits per heavy atom. The van der Waals surface area contributed by atoms with E-state index in [0.717, 1.165) is 29.5 Å². The van der Waals surface area contributed by atoms with Gasteiger partial charge in [-0.3, -0.25) is 10.00 Å². The predicted octanol–water partition coefficient (Wildman–Crippen LogP) is 3.61. The van der Waals surface area contributed by atoms with Gasteiger partial charge in [0.1, 0.15) is 23.3 Å². The zero-order valence-corrected chi connectivity index (χ0v) is 19.2. The number of carbonyl (C=O) groups excluding carboxylic acids is 1. The fourth-order valence-corrected chi connectivity index (χ4v) is 4.61. The summed E-state index contributed by atoms with van der Waals surface area (Å²) in [6.45, 7) is 6.66. The monoisotopic (exact) mass is 464 g/mol. The Balaban J connectivity index is 1.58. The molecule has 2 aromatic rings. The van der Waals surface area contributed by atoms with Crippen LogP contribution in [0.25, 0.3) is 0 Å². The predicted molar refractivity (Wildman–Crippen MR) is 115 cm³/mol. The van der Waals surface area contributed by atoms with E-state index in [1.165, 1.54) is 0 Å². The van der Waals surface area contributed by atoms with E-state index >= 15 is 0 Å². The minimum absolute atomic E-state index is 0.0259. The standard InChI is InChI=1S/C23H30F2N4O4/c1-23(2,3)33-22(30)27-18-8-14(11-32-21(18)15-7-13(24)5-6-17(15)25)29-10-19-16(9-26-28-19)20(29)12-31-4/h5-7,9,14,18,20-21H,8,10-12H2,1-4H3,(H,26,28)(H,27,30)/t14-,18+,20-,21-/m1/s1. The average Bonchev–Trinajstić information content (AvgIpc) is 3.31. The molecule has 0 aliphatic carbocycles. The van der Waals surface area contributed by atoms with Gasteiger partial charge in [-0.05, 0) is 45.4 Å². The Kier molecular flexibility index (Phi) is 6.69. The van der Waals surface area contributed by atoms with Crippen LogP contribution in [0.5, 0.6) is 0 Å². The Hall–Kier alpha value is -2.56. The number of methoxy groups -OCH3 is 1. The number of nitrogens with zero attached hydrogens (tertiary/aromatic N) is 2. The van der Waals surface area contributed by atoms with Gasteiger partial charge in [-0.15, -0.1) is 0 Å².